The van der Waals surface area contributed by atoms with Crippen molar-refractivity contribution in [2.75, 3.05) is 0 Å². The van der Waals surface area contributed by atoms with Crippen LogP contribution in [0.15, 0.2) is 54.6 Å². The zero-order valence-electron chi connectivity index (χ0n) is 15.3. The third-order valence-corrected chi connectivity index (χ3v) is 5.26. The molecule has 0 radical (unpaired) electrons. The quantitative estimate of drug-likeness (QED) is 0.631. The summed E-state index contributed by atoms with van der Waals surface area (Å²) in [6.07, 6.45) is -0.482. The molecule has 1 fully saturated rings. The predicted octanol–water partition coefficient (Wildman–Crippen LogP) is 6.00. The van der Waals surface area contributed by atoms with Crippen LogP contribution in [0.4, 0.5) is 13.2 Å². The van der Waals surface area contributed by atoms with Crippen molar-refractivity contribution in [1.82, 2.24) is 5.32 Å². The van der Waals surface area contributed by atoms with Crippen molar-refractivity contribution in [3.8, 4) is 0 Å². The molecular weight excluding hydrogens is 351 g/mol. The highest BCUT2D eigenvalue weighted by Gasteiger charge is 2.46. The van der Waals surface area contributed by atoms with E-state index in [-0.39, 0.29) is 17.4 Å². The maximum absolute atomic E-state index is 13.5. The van der Waals surface area contributed by atoms with Crippen molar-refractivity contribution in [2.24, 2.45) is 11.8 Å². The summed E-state index contributed by atoms with van der Waals surface area (Å²) in [5.74, 6) is 0.0822. The first-order valence-corrected chi connectivity index (χ1v) is 9.43. The van der Waals surface area contributed by atoms with Gasteiger partial charge in [0.05, 0.1) is 11.6 Å². The first kappa shape index (κ1) is 19.5. The third kappa shape index (κ3) is 4.71. The molecule has 1 saturated carbocycles. The highest BCUT2D eigenvalue weighted by Crippen LogP contribution is 2.51. The average Bonchev–Trinajstić information content (AvgIpc) is 3.43. The fourth-order valence-corrected chi connectivity index (χ4v) is 3.73. The number of rotatable bonds is 7. The summed E-state index contributed by atoms with van der Waals surface area (Å²) in [5.41, 5.74) is -0.0412. The Morgan fingerprint density at radius 2 is 1.78 bits per heavy atom. The highest BCUT2D eigenvalue weighted by atomic mass is 19.4. The van der Waals surface area contributed by atoms with Crippen LogP contribution in [0.25, 0.3) is 0 Å². The number of amides is 1. The molecule has 2 aromatic rings. The Labute approximate surface area is 157 Å². The molecule has 2 aromatic carbocycles. The van der Waals surface area contributed by atoms with E-state index in [1.165, 1.54) is 12.1 Å². The van der Waals surface area contributed by atoms with Crippen LogP contribution in [0.5, 0.6) is 0 Å². The maximum atomic E-state index is 13.5. The predicted molar refractivity (Wildman–Crippen MR) is 99.2 cm³/mol. The summed E-state index contributed by atoms with van der Waals surface area (Å²) in [6, 6.07) is 13.6. The van der Waals surface area contributed by atoms with Gasteiger partial charge in [0.2, 0.25) is 0 Å². The molecule has 0 bridgehead atoms. The third-order valence-electron chi connectivity index (χ3n) is 5.26. The SMILES string of the molecule is CCCC[C@@H]1C[C@@H]1C(NC(=O)c1ccccc1)c1ccccc1C(F)(F)F. The number of nitrogens with one attached hydrogen (secondary N) is 1. The van der Waals surface area contributed by atoms with Gasteiger partial charge in [0.1, 0.15) is 0 Å². The van der Waals surface area contributed by atoms with Gasteiger partial charge in [-0.05, 0) is 42.0 Å². The zero-order chi connectivity index (χ0) is 19.4. The summed E-state index contributed by atoms with van der Waals surface area (Å²) < 4.78 is 40.6. The molecule has 0 spiro atoms. The van der Waals surface area contributed by atoms with Gasteiger partial charge in [0.15, 0.2) is 0 Å². The first-order valence-electron chi connectivity index (χ1n) is 9.43. The molecule has 0 saturated heterocycles. The van der Waals surface area contributed by atoms with E-state index in [0.29, 0.717) is 11.5 Å². The molecule has 1 amide bonds. The van der Waals surface area contributed by atoms with Gasteiger partial charge in [-0.25, -0.2) is 0 Å². The molecule has 0 aliphatic heterocycles. The lowest BCUT2D eigenvalue weighted by atomic mass is 9.94. The molecule has 1 N–H and O–H groups in total. The molecule has 3 rings (SSSR count). The molecule has 0 aromatic heterocycles. The summed E-state index contributed by atoms with van der Waals surface area (Å²) in [4.78, 5) is 12.6. The molecule has 2 nitrogen and oxygen atoms in total. The molecule has 1 aliphatic carbocycles. The van der Waals surface area contributed by atoms with Gasteiger partial charge in [-0.15, -0.1) is 0 Å². The minimum absolute atomic E-state index is 0.0488. The van der Waals surface area contributed by atoms with Crippen LogP contribution < -0.4 is 5.32 Å². The number of hydrogen-bond acceptors (Lipinski definition) is 1. The van der Waals surface area contributed by atoms with Gasteiger partial charge in [-0.3, -0.25) is 4.79 Å². The van der Waals surface area contributed by atoms with E-state index in [1.807, 2.05) is 0 Å². The summed E-state index contributed by atoms with van der Waals surface area (Å²) in [5, 5.41) is 2.89. The van der Waals surface area contributed by atoms with Crippen molar-refractivity contribution >= 4 is 5.91 Å². The number of carbonyl (C=O) groups is 1. The van der Waals surface area contributed by atoms with Crippen LogP contribution in [-0.2, 0) is 6.18 Å². The number of carbonyl (C=O) groups excluding carboxylic acids is 1. The van der Waals surface area contributed by atoms with Crippen molar-refractivity contribution in [3.05, 3.63) is 71.3 Å². The Kier molecular flexibility index (Phi) is 5.88. The van der Waals surface area contributed by atoms with E-state index in [4.69, 9.17) is 0 Å². The summed E-state index contributed by atoms with van der Waals surface area (Å²) in [6.45, 7) is 2.10. The van der Waals surface area contributed by atoms with Crippen molar-refractivity contribution < 1.29 is 18.0 Å². The molecule has 3 atom stereocenters. The Morgan fingerprint density at radius 1 is 1.11 bits per heavy atom. The Hall–Kier alpha value is -2.30. The lowest BCUT2D eigenvalue weighted by Gasteiger charge is -2.23. The minimum Gasteiger partial charge on any atom is -0.345 e. The van der Waals surface area contributed by atoms with Gasteiger partial charge in [0, 0.05) is 5.56 Å². The van der Waals surface area contributed by atoms with E-state index in [9.17, 15) is 18.0 Å². The average molecular weight is 375 g/mol. The maximum Gasteiger partial charge on any atom is 0.416 e. The molecule has 27 heavy (non-hydrogen) atoms. The fraction of sp³-hybridized carbons (Fsp3) is 0.409. The van der Waals surface area contributed by atoms with E-state index in [1.54, 1.807) is 36.4 Å². The Bertz CT molecular complexity index is 773. The number of hydrogen-bond donors (Lipinski definition) is 1. The molecule has 1 unspecified atom stereocenters. The van der Waals surface area contributed by atoms with Gasteiger partial charge in [0.25, 0.3) is 5.91 Å². The summed E-state index contributed by atoms with van der Waals surface area (Å²) >= 11 is 0. The van der Waals surface area contributed by atoms with E-state index in [2.05, 4.69) is 12.2 Å². The number of alkyl halides is 3. The fourth-order valence-electron chi connectivity index (χ4n) is 3.73. The van der Waals surface area contributed by atoms with Gasteiger partial charge >= 0.3 is 6.18 Å². The monoisotopic (exact) mass is 375 g/mol. The lowest BCUT2D eigenvalue weighted by molar-refractivity contribution is -0.138. The topological polar surface area (TPSA) is 29.1 Å². The molecule has 0 heterocycles. The van der Waals surface area contributed by atoms with Crippen molar-refractivity contribution in [3.63, 3.8) is 0 Å². The van der Waals surface area contributed by atoms with Crippen LogP contribution in [0.2, 0.25) is 0 Å². The second kappa shape index (κ2) is 8.15. The van der Waals surface area contributed by atoms with E-state index < -0.39 is 17.8 Å². The van der Waals surface area contributed by atoms with Crippen LogP contribution in [0, 0.1) is 11.8 Å². The molecule has 1 aliphatic rings. The standard InChI is InChI=1S/C22H24F3NO/c1-2-3-9-16-14-18(16)20(26-21(27)15-10-5-4-6-11-15)17-12-7-8-13-19(17)22(23,24)25/h4-8,10-13,16,18,20H,2-3,9,14H2,1H3,(H,26,27)/t16-,18+,20?/m1/s1. The molecule has 144 valence electrons. The second-order valence-corrected chi connectivity index (χ2v) is 7.20. The van der Waals surface area contributed by atoms with Crippen LogP contribution in [0.1, 0.15) is 60.1 Å². The largest absolute Gasteiger partial charge is 0.416 e. The van der Waals surface area contributed by atoms with Gasteiger partial charge < -0.3 is 5.32 Å². The van der Waals surface area contributed by atoms with Gasteiger partial charge in [-0.1, -0.05) is 62.6 Å². The van der Waals surface area contributed by atoms with E-state index in [0.717, 1.165) is 31.7 Å². The second-order valence-electron chi connectivity index (χ2n) is 7.20. The first-order chi connectivity index (χ1) is 12.9. The zero-order valence-corrected chi connectivity index (χ0v) is 15.3. The highest BCUT2D eigenvalue weighted by molar-refractivity contribution is 5.94. The number of halogens is 3. The Balaban J connectivity index is 1.89. The van der Waals surface area contributed by atoms with E-state index >= 15 is 0 Å². The smallest absolute Gasteiger partial charge is 0.345 e. The van der Waals surface area contributed by atoms with Crippen LogP contribution in [0.3, 0.4) is 0 Å². The van der Waals surface area contributed by atoms with Crippen LogP contribution >= 0.6 is 0 Å². The minimum atomic E-state index is -4.44. The normalized spacial score (nSPS) is 20.1. The number of unbranched alkanes of at least 4 members (excludes halogenated alkanes) is 1. The van der Waals surface area contributed by atoms with Crippen LogP contribution in [-0.4, -0.2) is 5.91 Å². The molecular formula is C22H24F3NO. The molecule has 5 heteroatoms. The summed E-state index contributed by atoms with van der Waals surface area (Å²) in [7, 11) is 0. The van der Waals surface area contributed by atoms with Crippen molar-refractivity contribution in [1.29, 1.82) is 0 Å². The van der Waals surface area contributed by atoms with Gasteiger partial charge in [-0.2, -0.15) is 13.2 Å². The lowest BCUT2D eigenvalue weighted by Crippen LogP contribution is -2.32. The van der Waals surface area contributed by atoms with Crippen molar-refractivity contribution in [2.45, 2.75) is 44.8 Å². The Morgan fingerprint density at radius 3 is 2.44 bits per heavy atom. The number of benzene rings is 2.